The number of halogens is 2. The molecule has 0 bridgehead atoms. The van der Waals surface area contributed by atoms with Crippen molar-refractivity contribution in [3.8, 4) is 0 Å². The molecule has 2 rings (SSSR count). The van der Waals surface area contributed by atoms with E-state index in [9.17, 15) is 12.8 Å². The van der Waals surface area contributed by atoms with Crippen molar-refractivity contribution in [2.45, 2.75) is 18.9 Å². The zero-order valence-electron chi connectivity index (χ0n) is 16.4. The van der Waals surface area contributed by atoms with Gasteiger partial charge in [-0.25, -0.2) is 12.8 Å². The van der Waals surface area contributed by atoms with Crippen molar-refractivity contribution in [3.05, 3.63) is 70.0 Å². The van der Waals surface area contributed by atoms with Gasteiger partial charge in [-0.3, -0.25) is 4.99 Å². The smallest absolute Gasteiger partial charge is 0.191 e. The highest BCUT2D eigenvalue weighted by atomic mass is 35.5. The average Bonchev–Trinajstić information content (AvgIpc) is 2.66. The van der Waals surface area contributed by atoms with Gasteiger partial charge in [0.1, 0.15) is 5.82 Å². The zero-order chi connectivity index (χ0) is 21.3. The highest BCUT2D eigenvalue weighted by molar-refractivity contribution is 7.89. The second kappa shape index (κ2) is 11.1. The Morgan fingerprint density at radius 3 is 2.52 bits per heavy atom. The van der Waals surface area contributed by atoms with Gasteiger partial charge in [0, 0.05) is 31.4 Å². The summed E-state index contributed by atoms with van der Waals surface area (Å²) in [5.41, 5.74) is 2.15. The SMILES string of the molecule is CN=C(NCCOCc1ccc(Cl)cc1)NCc1cc(F)ccc1CS(C)(=O)=O. The van der Waals surface area contributed by atoms with Gasteiger partial charge in [0.15, 0.2) is 15.8 Å². The maximum absolute atomic E-state index is 13.6. The molecule has 0 fully saturated rings. The summed E-state index contributed by atoms with van der Waals surface area (Å²) in [6, 6.07) is 11.5. The normalized spacial score (nSPS) is 12.1. The number of guanidine groups is 1. The highest BCUT2D eigenvalue weighted by Gasteiger charge is 2.11. The molecule has 0 unspecified atom stereocenters. The van der Waals surface area contributed by atoms with Crippen LogP contribution in [0.5, 0.6) is 0 Å². The molecule has 0 atom stereocenters. The van der Waals surface area contributed by atoms with Gasteiger partial charge in [-0.15, -0.1) is 0 Å². The number of sulfone groups is 1. The molecule has 0 aromatic heterocycles. The number of aliphatic imine (C=N–C) groups is 1. The summed E-state index contributed by atoms with van der Waals surface area (Å²) in [5, 5.41) is 6.84. The van der Waals surface area contributed by atoms with Crippen LogP contribution >= 0.6 is 11.6 Å². The van der Waals surface area contributed by atoms with E-state index in [4.69, 9.17) is 16.3 Å². The second-order valence-electron chi connectivity index (χ2n) is 6.51. The first-order valence-electron chi connectivity index (χ1n) is 8.98. The summed E-state index contributed by atoms with van der Waals surface area (Å²) < 4.78 is 42.4. The van der Waals surface area contributed by atoms with Crippen LogP contribution < -0.4 is 10.6 Å². The van der Waals surface area contributed by atoms with Crippen LogP contribution in [-0.2, 0) is 33.5 Å². The van der Waals surface area contributed by atoms with Crippen molar-refractivity contribution in [2.75, 3.05) is 26.5 Å². The average molecular weight is 442 g/mol. The molecule has 2 N–H and O–H groups in total. The molecule has 2 aromatic rings. The third kappa shape index (κ3) is 8.81. The number of hydrogen-bond donors (Lipinski definition) is 2. The summed E-state index contributed by atoms with van der Waals surface area (Å²) in [4.78, 5) is 4.11. The van der Waals surface area contributed by atoms with E-state index in [-0.39, 0.29) is 12.3 Å². The van der Waals surface area contributed by atoms with E-state index >= 15 is 0 Å². The van der Waals surface area contributed by atoms with E-state index in [1.807, 2.05) is 24.3 Å². The van der Waals surface area contributed by atoms with Gasteiger partial charge in [0.05, 0.1) is 19.0 Å². The molecule has 0 aliphatic carbocycles. The Morgan fingerprint density at radius 2 is 1.86 bits per heavy atom. The lowest BCUT2D eigenvalue weighted by atomic mass is 10.1. The minimum Gasteiger partial charge on any atom is -0.375 e. The van der Waals surface area contributed by atoms with E-state index < -0.39 is 15.7 Å². The van der Waals surface area contributed by atoms with Crippen molar-refractivity contribution in [1.29, 1.82) is 0 Å². The quantitative estimate of drug-likeness (QED) is 0.355. The molecule has 6 nitrogen and oxygen atoms in total. The van der Waals surface area contributed by atoms with E-state index in [0.29, 0.717) is 41.9 Å². The van der Waals surface area contributed by atoms with Crippen LogP contribution in [0.1, 0.15) is 16.7 Å². The predicted molar refractivity (Wildman–Crippen MR) is 114 cm³/mol. The third-order valence-corrected chi connectivity index (χ3v) is 5.06. The van der Waals surface area contributed by atoms with E-state index in [1.165, 1.54) is 18.2 Å². The Bertz CT molecular complexity index is 934. The fourth-order valence-corrected chi connectivity index (χ4v) is 3.57. The molecule has 0 aliphatic heterocycles. The summed E-state index contributed by atoms with van der Waals surface area (Å²) >= 11 is 5.85. The second-order valence-corrected chi connectivity index (χ2v) is 9.09. The molecule has 0 aliphatic rings. The number of rotatable bonds is 9. The molecule has 0 saturated carbocycles. The fourth-order valence-electron chi connectivity index (χ4n) is 2.59. The number of benzene rings is 2. The van der Waals surface area contributed by atoms with Gasteiger partial charge in [0.25, 0.3) is 0 Å². The van der Waals surface area contributed by atoms with Crippen molar-refractivity contribution in [2.24, 2.45) is 4.99 Å². The molecule has 0 heterocycles. The summed E-state index contributed by atoms with van der Waals surface area (Å²) in [6.45, 7) is 1.70. The molecule has 0 amide bonds. The lowest BCUT2D eigenvalue weighted by molar-refractivity contribution is 0.125. The maximum atomic E-state index is 13.6. The molecular weight excluding hydrogens is 417 g/mol. The van der Waals surface area contributed by atoms with Crippen LogP contribution in [0.4, 0.5) is 4.39 Å². The minimum atomic E-state index is -3.22. The Balaban J connectivity index is 1.80. The van der Waals surface area contributed by atoms with Gasteiger partial charge >= 0.3 is 0 Å². The Labute approximate surface area is 176 Å². The van der Waals surface area contributed by atoms with Crippen molar-refractivity contribution >= 4 is 27.4 Å². The monoisotopic (exact) mass is 441 g/mol. The molecule has 2 aromatic carbocycles. The van der Waals surface area contributed by atoms with Gasteiger partial charge < -0.3 is 15.4 Å². The first-order valence-corrected chi connectivity index (χ1v) is 11.4. The summed E-state index contributed by atoms with van der Waals surface area (Å²) in [5.74, 6) is -0.0539. The lowest BCUT2D eigenvalue weighted by Gasteiger charge is -2.14. The van der Waals surface area contributed by atoms with E-state index in [1.54, 1.807) is 7.05 Å². The minimum absolute atomic E-state index is 0.144. The maximum Gasteiger partial charge on any atom is 0.191 e. The molecule has 158 valence electrons. The number of ether oxygens (including phenoxy) is 1. The molecule has 29 heavy (non-hydrogen) atoms. The van der Waals surface area contributed by atoms with Gasteiger partial charge in [-0.1, -0.05) is 29.8 Å². The molecule has 0 saturated heterocycles. The van der Waals surface area contributed by atoms with E-state index in [0.717, 1.165) is 11.8 Å². The Morgan fingerprint density at radius 1 is 1.14 bits per heavy atom. The Hall–Kier alpha value is -2.16. The zero-order valence-corrected chi connectivity index (χ0v) is 18.0. The highest BCUT2D eigenvalue weighted by Crippen LogP contribution is 2.14. The van der Waals surface area contributed by atoms with Gasteiger partial charge in [0.2, 0.25) is 0 Å². The van der Waals surface area contributed by atoms with Gasteiger partial charge in [-0.05, 0) is 41.0 Å². The van der Waals surface area contributed by atoms with Crippen LogP contribution in [0, 0.1) is 5.82 Å². The molecule has 0 spiro atoms. The standard InChI is InChI=1S/C20H25ClFN3O3S/c1-23-20(24-9-10-28-13-15-3-6-18(21)7-4-15)25-12-17-11-19(22)8-5-16(17)14-29(2,26)27/h3-8,11H,9-10,12-14H2,1-2H3,(H2,23,24,25). The first kappa shape index (κ1) is 23.1. The topological polar surface area (TPSA) is 79.8 Å². The fraction of sp³-hybridized carbons (Fsp3) is 0.350. The lowest BCUT2D eigenvalue weighted by Crippen LogP contribution is -2.38. The summed E-state index contributed by atoms with van der Waals surface area (Å²) in [7, 11) is -1.60. The molecule has 9 heteroatoms. The van der Waals surface area contributed by atoms with Crippen LogP contribution in [0.3, 0.4) is 0 Å². The van der Waals surface area contributed by atoms with Crippen LogP contribution in [0.25, 0.3) is 0 Å². The van der Waals surface area contributed by atoms with Crippen molar-refractivity contribution in [3.63, 3.8) is 0 Å². The van der Waals surface area contributed by atoms with Gasteiger partial charge in [-0.2, -0.15) is 0 Å². The predicted octanol–water partition coefficient (Wildman–Crippen LogP) is 2.91. The number of nitrogens with one attached hydrogen (secondary N) is 2. The van der Waals surface area contributed by atoms with Crippen LogP contribution in [0.15, 0.2) is 47.5 Å². The van der Waals surface area contributed by atoms with Crippen molar-refractivity contribution < 1.29 is 17.5 Å². The van der Waals surface area contributed by atoms with Crippen LogP contribution in [0.2, 0.25) is 5.02 Å². The summed E-state index contributed by atoms with van der Waals surface area (Å²) in [6.07, 6.45) is 1.15. The van der Waals surface area contributed by atoms with E-state index in [2.05, 4.69) is 15.6 Å². The molecule has 0 radical (unpaired) electrons. The van der Waals surface area contributed by atoms with Crippen molar-refractivity contribution in [1.82, 2.24) is 10.6 Å². The molecular formula is C20H25ClFN3O3S. The third-order valence-electron chi connectivity index (χ3n) is 3.98. The Kier molecular flexibility index (Phi) is 8.88. The largest absolute Gasteiger partial charge is 0.375 e. The number of nitrogens with zero attached hydrogens (tertiary/aromatic N) is 1. The number of hydrogen-bond acceptors (Lipinski definition) is 4. The van der Waals surface area contributed by atoms with Crippen LogP contribution in [-0.4, -0.2) is 40.8 Å². The first-order chi connectivity index (χ1) is 13.8.